The maximum Gasteiger partial charge on any atom is 0.273 e. The van der Waals surface area contributed by atoms with Gasteiger partial charge in [0.25, 0.3) is 11.8 Å². The van der Waals surface area contributed by atoms with Crippen LogP contribution in [0.1, 0.15) is 83.1 Å². The van der Waals surface area contributed by atoms with Gasteiger partial charge in [0.2, 0.25) is 17.7 Å². The van der Waals surface area contributed by atoms with E-state index in [1.165, 1.54) is 6.26 Å². The molecule has 12 nitrogen and oxygen atoms in total. The molecule has 0 radical (unpaired) electrons. The van der Waals surface area contributed by atoms with E-state index in [-0.39, 0.29) is 29.6 Å². The van der Waals surface area contributed by atoms with Crippen molar-refractivity contribution >= 4 is 23.6 Å². The highest BCUT2D eigenvalue weighted by Gasteiger charge is 2.32. The van der Waals surface area contributed by atoms with Gasteiger partial charge >= 0.3 is 0 Å². The molecule has 2 bridgehead atoms. The number of nitrogens with zero attached hydrogens (tertiary/aromatic N) is 3. The molecule has 0 unspecified atom stereocenters. The molecule has 3 atom stereocenters. The van der Waals surface area contributed by atoms with Crippen molar-refractivity contribution in [1.82, 2.24) is 36.2 Å². The van der Waals surface area contributed by atoms with Crippen LogP contribution in [0.2, 0.25) is 0 Å². The summed E-state index contributed by atoms with van der Waals surface area (Å²) in [6.45, 7) is 7.43. The van der Waals surface area contributed by atoms with E-state index in [4.69, 9.17) is 4.42 Å². The average molecular weight is 576 g/mol. The van der Waals surface area contributed by atoms with E-state index in [0.29, 0.717) is 37.3 Å². The number of oxazole rings is 1. The molecule has 2 aromatic heterocycles. The molecular formula is C30H37N7O5. The summed E-state index contributed by atoms with van der Waals surface area (Å²) < 4.78 is 5.65. The number of carbonyl (C=O) groups is 4. The SMILES string of the molecule is Cc1cc(C(=O)N[C@H]2CCCCNC(=O)c3coc(n3)[C@@H](Cc3ccccc3)NC(=O)[C@H](C(C)C)NC2=O)nc(C)n1. The Morgan fingerprint density at radius 2 is 1.79 bits per heavy atom. The smallest absolute Gasteiger partial charge is 0.273 e. The van der Waals surface area contributed by atoms with Crippen LogP contribution in [0.4, 0.5) is 0 Å². The molecule has 3 heterocycles. The molecule has 0 saturated carbocycles. The Balaban J connectivity index is 1.60. The Morgan fingerprint density at radius 1 is 1.02 bits per heavy atom. The fourth-order valence-electron chi connectivity index (χ4n) is 4.75. The van der Waals surface area contributed by atoms with Gasteiger partial charge in [-0.1, -0.05) is 44.2 Å². The van der Waals surface area contributed by atoms with Crippen molar-refractivity contribution in [3.05, 3.63) is 77.0 Å². The summed E-state index contributed by atoms with van der Waals surface area (Å²) in [5.74, 6) is -1.51. The minimum atomic E-state index is -0.933. The standard InChI is InChI=1S/C30H37N7O5/c1-17(2)25-29(41)35-23(15-20-10-6-5-7-11-20)30-36-24(16-42-30)26(38)31-13-9-8-12-21(27(39)37-25)34-28(40)22-14-18(3)32-19(4)33-22/h5-7,10-11,14,16-17,21,23,25H,8-9,12-13,15H2,1-4H3,(H,31,38)(H,34,40)(H,35,41)(H,37,39)/t21-,23+,25-/m0/s1. The van der Waals surface area contributed by atoms with Gasteiger partial charge in [-0.25, -0.2) is 15.0 Å². The normalized spacial score (nSPS) is 20.4. The monoisotopic (exact) mass is 575 g/mol. The van der Waals surface area contributed by atoms with Crippen LogP contribution in [0.3, 0.4) is 0 Å². The van der Waals surface area contributed by atoms with Crippen molar-refractivity contribution < 1.29 is 23.6 Å². The number of aryl methyl sites for hydroxylation is 2. The number of hydrogen-bond acceptors (Lipinski definition) is 8. The number of carbonyl (C=O) groups excluding carboxylic acids is 4. The van der Waals surface area contributed by atoms with Crippen LogP contribution in [0.25, 0.3) is 0 Å². The Morgan fingerprint density at radius 3 is 2.50 bits per heavy atom. The van der Waals surface area contributed by atoms with E-state index < -0.39 is 41.8 Å². The van der Waals surface area contributed by atoms with Crippen LogP contribution in [-0.4, -0.2) is 57.2 Å². The van der Waals surface area contributed by atoms with Crippen molar-refractivity contribution in [2.75, 3.05) is 6.54 Å². The van der Waals surface area contributed by atoms with Gasteiger partial charge in [0, 0.05) is 18.7 Å². The van der Waals surface area contributed by atoms with Gasteiger partial charge in [-0.05, 0) is 50.7 Å². The summed E-state index contributed by atoms with van der Waals surface area (Å²) in [6.07, 6.45) is 2.97. The number of rotatable bonds is 5. The van der Waals surface area contributed by atoms with Gasteiger partial charge in [-0.3, -0.25) is 19.2 Å². The minimum Gasteiger partial charge on any atom is -0.446 e. The van der Waals surface area contributed by atoms with Gasteiger partial charge in [-0.2, -0.15) is 0 Å². The zero-order valence-corrected chi connectivity index (χ0v) is 24.3. The third-order valence-corrected chi connectivity index (χ3v) is 6.92. The zero-order chi connectivity index (χ0) is 30.2. The molecule has 42 heavy (non-hydrogen) atoms. The molecule has 4 N–H and O–H groups in total. The summed E-state index contributed by atoms with van der Waals surface area (Å²) in [5.41, 5.74) is 1.81. The lowest BCUT2D eigenvalue weighted by molar-refractivity contribution is -0.131. The molecule has 0 aliphatic carbocycles. The van der Waals surface area contributed by atoms with Crippen LogP contribution in [0, 0.1) is 19.8 Å². The van der Waals surface area contributed by atoms with Gasteiger partial charge in [0.05, 0.1) is 0 Å². The number of nitrogens with one attached hydrogen (secondary N) is 4. The summed E-state index contributed by atoms with van der Waals surface area (Å²) in [4.78, 5) is 65.8. The van der Waals surface area contributed by atoms with Crippen LogP contribution >= 0.6 is 0 Å². The second-order valence-corrected chi connectivity index (χ2v) is 10.8. The molecule has 3 aromatic rings. The van der Waals surface area contributed by atoms with Gasteiger partial charge < -0.3 is 25.7 Å². The first-order valence-corrected chi connectivity index (χ1v) is 14.1. The van der Waals surface area contributed by atoms with Crippen molar-refractivity contribution in [2.45, 2.75) is 71.5 Å². The van der Waals surface area contributed by atoms with Crippen LogP contribution in [-0.2, 0) is 16.0 Å². The van der Waals surface area contributed by atoms with Crippen molar-refractivity contribution in [1.29, 1.82) is 0 Å². The first-order chi connectivity index (χ1) is 20.1. The quantitative estimate of drug-likeness (QED) is 0.359. The first kappa shape index (κ1) is 30.4. The molecule has 4 rings (SSSR count). The van der Waals surface area contributed by atoms with Crippen molar-refractivity contribution in [3.63, 3.8) is 0 Å². The Bertz CT molecular complexity index is 1400. The highest BCUT2D eigenvalue weighted by atomic mass is 16.3. The first-order valence-electron chi connectivity index (χ1n) is 14.1. The lowest BCUT2D eigenvalue weighted by Crippen LogP contribution is -2.56. The highest BCUT2D eigenvalue weighted by Crippen LogP contribution is 2.20. The second kappa shape index (κ2) is 13.8. The number of aromatic nitrogens is 3. The largest absolute Gasteiger partial charge is 0.446 e. The fraction of sp³-hybridized carbons (Fsp3) is 0.433. The molecule has 1 aliphatic rings. The Kier molecular flexibility index (Phi) is 10.00. The van der Waals surface area contributed by atoms with Crippen LogP contribution in [0.5, 0.6) is 0 Å². The molecule has 0 spiro atoms. The minimum absolute atomic E-state index is 0.110. The van der Waals surface area contributed by atoms with E-state index in [1.807, 2.05) is 44.2 Å². The Labute approximate surface area is 244 Å². The van der Waals surface area contributed by atoms with E-state index in [2.05, 4.69) is 36.2 Å². The summed E-state index contributed by atoms with van der Waals surface area (Å²) >= 11 is 0. The van der Waals surface area contributed by atoms with E-state index >= 15 is 0 Å². The number of benzene rings is 1. The molecule has 0 fully saturated rings. The summed E-state index contributed by atoms with van der Waals surface area (Å²) in [6, 6.07) is 8.49. The highest BCUT2D eigenvalue weighted by molar-refractivity contribution is 5.97. The molecule has 4 amide bonds. The maximum atomic E-state index is 13.6. The van der Waals surface area contributed by atoms with Crippen molar-refractivity contribution in [2.24, 2.45) is 5.92 Å². The van der Waals surface area contributed by atoms with Gasteiger partial charge in [0.1, 0.15) is 35.9 Å². The topological polar surface area (TPSA) is 168 Å². The lowest BCUT2D eigenvalue weighted by atomic mass is 10.00. The molecule has 1 aliphatic heterocycles. The predicted molar refractivity (Wildman–Crippen MR) is 153 cm³/mol. The molecule has 1 aromatic carbocycles. The molecule has 12 heteroatoms. The number of amides is 4. The van der Waals surface area contributed by atoms with Gasteiger partial charge in [-0.15, -0.1) is 0 Å². The zero-order valence-electron chi connectivity index (χ0n) is 24.3. The lowest BCUT2D eigenvalue weighted by Gasteiger charge is -2.27. The molecule has 0 saturated heterocycles. The third-order valence-electron chi connectivity index (χ3n) is 6.92. The van der Waals surface area contributed by atoms with E-state index in [0.717, 1.165) is 5.56 Å². The fourth-order valence-corrected chi connectivity index (χ4v) is 4.75. The molecule has 222 valence electrons. The third kappa shape index (κ3) is 7.99. The van der Waals surface area contributed by atoms with E-state index in [1.54, 1.807) is 19.9 Å². The summed E-state index contributed by atoms with van der Waals surface area (Å²) in [5, 5.41) is 11.4. The maximum absolute atomic E-state index is 13.6. The summed E-state index contributed by atoms with van der Waals surface area (Å²) in [7, 11) is 0. The van der Waals surface area contributed by atoms with Crippen LogP contribution < -0.4 is 21.3 Å². The second-order valence-electron chi connectivity index (χ2n) is 10.8. The average Bonchev–Trinajstić information content (AvgIpc) is 3.44. The van der Waals surface area contributed by atoms with Gasteiger partial charge in [0.15, 0.2) is 5.69 Å². The number of hydrogen-bond donors (Lipinski definition) is 4. The van der Waals surface area contributed by atoms with Crippen molar-refractivity contribution in [3.8, 4) is 0 Å². The molecular weight excluding hydrogens is 538 g/mol. The van der Waals surface area contributed by atoms with Crippen LogP contribution in [0.15, 0.2) is 47.1 Å². The predicted octanol–water partition coefficient (Wildman–Crippen LogP) is 2.33. The van der Waals surface area contributed by atoms with E-state index in [9.17, 15) is 19.2 Å². The number of fused-ring (bicyclic) bond motifs is 2. The Hall–Kier alpha value is -4.61.